The number of rotatable bonds is 7. The molecule has 0 aromatic carbocycles. The molecule has 0 unspecified atom stereocenters. The monoisotopic (exact) mass is 249 g/mol. The highest BCUT2D eigenvalue weighted by molar-refractivity contribution is 5.13. The lowest BCUT2D eigenvalue weighted by Crippen LogP contribution is -2.10. The summed E-state index contributed by atoms with van der Waals surface area (Å²) in [5, 5.41) is 7.36. The smallest absolute Gasteiger partial charge is 0.157 e. The molecule has 1 N–H and O–H groups in total. The number of hydrogen-bond donors (Lipinski definition) is 1. The average Bonchev–Trinajstić information content (AvgIpc) is 3.03. The Hall–Kier alpha value is -1.75. The fourth-order valence-corrected chi connectivity index (χ4v) is 1.59. The zero-order valence-corrected chi connectivity index (χ0v) is 10.8. The zero-order chi connectivity index (χ0) is 12.8. The van der Waals surface area contributed by atoms with E-state index < -0.39 is 0 Å². The maximum atomic E-state index is 5.63. The molecule has 2 heterocycles. The van der Waals surface area contributed by atoms with Gasteiger partial charge in [0, 0.05) is 6.54 Å². The van der Waals surface area contributed by atoms with E-state index >= 15 is 0 Å². The van der Waals surface area contributed by atoms with Crippen molar-refractivity contribution in [3.8, 4) is 5.75 Å². The van der Waals surface area contributed by atoms with Crippen molar-refractivity contribution < 1.29 is 9.15 Å². The maximum Gasteiger partial charge on any atom is 0.157 e. The van der Waals surface area contributed by atoms with Crippen molar-refractivity contribution >= 4 is 0 Å². The van der Waals surface area contributed by atoms with Crippen LogP contribution in [0.2, 0.25) is 0 Å². The molecule has 0 saturated carbocycles. The second-order valence-electron chi connectivity index (χ2n) is 3.97. The van der Waals surface area contributed by atoms with Crippen LogP contribution in [-0.2, 0) is 19.7 Å². The van der Waals surface area contributed by atoms with Gasteiger partial charge in [0.1, 0.15) is 18.1 Å². The molecule has 0 aliphatic heterocycles. The molecule has 5 nitrogen and oxygen atoms in total. The van der Waals surface area contributed by atoms with Crippen LogP contribution in [0.5, 0.6) is 5.75 Å². The number of aryl methyl sites for hydroxylation is 1. The Morgan fingerprint density at radius 2 is 2.17 bits per heavy atom. The van der Waals surface area contributed by atoms with Crippen molar-refractivity contribution in [2.75, 3.05) is 6.54 Å². The summed E-state index contributed by atoms with van der Waals surface area (Å²) >= 11 is 0. The van der Waals surface area contributed by atoms with E-state index in [9.17, 15) is 0 Å². The highest BCUT2D eigenvalue weighted by Gasteiger charge is 2.04. The van der Waals surface area contributed by atoms with E-state index in [-0.39, 0.29) is 0 Å². The van der Waals surface area contributed by atoms with Gasteiger partial charge in [-0.25, -0.2) is 0 Å². The van der Waals surface area contributed by atoms with Crippen LogP contribution in [0.3, 0.4) is 0 Å². The number of aromatic nitrogens is 2. The number of hydrogen-bond acceptors (Lipinski definition) is 4. The molecule has 0 spiro atoms. The van der Waals surface area contributed by atoms with E-state index in [4.69, 9.17) is 9.15 Å². The average molecular weight is 249 g/mol. The fourth-order valence-electron chi connectivity index (χ4n) is 1.59. The van der Waals surface area contributed by atoms with E-state index in [0.29, 0.717) is 6.61 Å². The molecule has 0 aliphatic rings. The first-order chi connectivity index (χ1) is 8.81. The van der Waals surface area contributed by atoms with E-state index in [0.717, 1.165) is 36.9 Å². The number of nitrogens with one attached hydrogen (secondary N) is 1. The molecule has 2 aromatic rings. The molecule has 2 rings (SSSR count). The number of nitrogens with zero attached hydrogens (tertiary/aromatic N) is 2. The van der Waals surface area contributed by atoms with Crippen LogP contribution in [0.25, 0.3) is 0 Å². The Morgan fingerprint density at radius 1 is 1.33 bits per heavy atom. The Bertz CT molecular complexity index is 476. The van der Waals surface area contributed by atoms with Crippen LogP contribution in [-0.4, -0.2) is 16.3 Å². The van der Waals surface area contributed by atoms with Crippen molar-refractivity contribution in [1.82, 2.24) is 15.1 Å². The van der Waals surface area contributed by atoms with Gasteiger partial charge in [0.15, 0.2) is 5.75 Å². The molecule has 0 bridgehead atoms. The third-order valence-corrected chi connectivity index (χ3v) is 2.58. The lowest BCUT2D eigenvalue weighted by Gasteiger charge is -2.00. The molecular formula is C13H19N3O2. The lowest BCUT2D eigenvalue weighted by molar-refractivity contribution is 0.265. The van der Waals surface area contributed by atoms with Crippen molar-refractivity contribution in [1.29, 1.82) is 0 Å². The lowest BCUT2D eigenvalue weighted by atomic mass is 10.4. The first-order valence-corrected chi connectivity index (χ1v) is 6.25. The van der Waals surface area contributed by atoms with E-state index in [1.807, 2.05) is 29.9 Å². The number of ether oxygens (including phenoxy) is 1. The number of furan rings is 1. The van der Waals surface area contributed by atoms with Crippen LogP contribution >= 0.6 is 0 Å². The van der Waals surface area contributed by atoms with E-state index in [1.165, 1.54) is 0 Å². The van der Waals surface area contributed by atoms with Crippen LogP contribution in [0.15, 0.2) is 28.9 Å². The molecule has 2 aromatic heterocycles. The summed E-state index contributed by atoms with van der Waals surface area (Å²) in [6, 6.07) is 3.91. The molecular weight excluding hydrogens is 230 g/mol. The Balaban J connectivity index is 1.84. The van der Waals surface area contributed by atoms with Crippen LogP contribution < -0.4 is 10.1 Å². The van der Waals surface area contributed by atoms with Gasteiger partial charge in [-0.05, 0) is 25.6 Å². The Labute approximate surface area is 107 Å². The minimum atomic E-state index is 0.432. The van der Waals surface area contributed by atoms with Gasteiger partial charge in [0.2, 0.25) is 0 Å². The zero-order valence-electron chi connectivity index (χ0n) is 10.8. The first-order valence-electron chi connectivity index (χ1n) is 6.25. The summed E-state index contributed by atoms with van der Waals surface area (Å²) in [5.41, 5.74) is 0. The van der Waals surface area contributed by atoms with E-state index in [2.05, 4.69) is 17.3 Å². The highest BCUT2D eigenvalue weighted by Crippen LogP contribution is 2.13. The largest absolute Gasteiger partial charge is 0.482 e. The van der Waals surface area contributed by atoms with Gasteiger partial charge in [-0.15, -0.1) is 0 Å². The van der Waals surface area contributed by atoms with E-state index in [1.54, 1.807) is 6.20 Å². The predicted octanol–water partition coefficient (Wildman–Crippen LogP) is 2.18. The van der Waals surface area contributed by atoms with Gasteiger partial charge in [-0.3, -0.25) is 4.68 Å². The molecule has 0 fully saturated rings. The fraction of sp³-hybridized carbons (Fsp3) is 0.462. The summed E-state index contributed by atoms with van der Waals surface area (Å²) < 4.78 is 13.0. The first kappa shape index (κ1) is 12.7. The standard InChI is InChI=1S/C13H19N3O2/c1-3-14-7-11-5-6-12(18-11)10-17-13-8-15-16(4-2)9-13/h5-6,8-9,14H,3-4,7,10H2,1-2H3. The molecule has 0 amide bonds. The van der Waals surface area contributed by atoms with Gasteiger partial charge < -0.3 is 14.5 Å². The van der Waals surface area contributed by atoms with Gasteiger partial charge in [-0.1, -0.05) is 6.92 Å². The van der Waals surface area contributed by atoms with Crippen molar-refractivity contribution in [3.05, 3.63) is 36.0 Å². The predicted molar refractivity (Wildman–Crippen MR) is 68.3 cm³/mol. The highest BCUT2D eigenvalue weighted by atomic mass is 16.5. The minimum Gasteiger partial charge on any atom is -0.482 e. The normalized spacial score (nSPS) is 10.8. The van der Waals surface area contributed by atoms with Crippen molar-refractivity contribution in [3.63, 3.8) is 0 Å². The Kier molecular flexibility index (Phi) is 4.41. The molecule has 0 atom stereocenters. The third-order valence-electron chi connectivity index (χ3n) is 2.58. The summed E-state index contributed by atoms with van der Waals surface area (Å²) in [7, 11) is 0. The molecule has 18 heavy (non-hydrogen) atoms. The second kappa shape index (κ2) is 6.26. The molecule has 0 aliphatic carbocycles. The molecule has 98 valence electrons. The van der Waals surface area contributed by atoms with Gasteiger partial charge in [0.25, 0.3) is 0 Å². The third kappa shape index (κ3) is 3.37. The summed E-state index contributed by atoms with van der Waals surface area (Å²) in [6.07, 6.45) is 3.59. The van der Waals surface area contributed by atoms with Gasteiger partial charge in [-0.2, -0.15) is 5.10 Å². The van der Waals surface area contributed by atoms with Crippen LogP contribution in [0.4, 0.5) is 0 Å². The maximum absolute atomic E-state index is 5.63. The quantitative estimate of drug-likeness (QED) is 0.817. The molecule has 0 radical (unpaired) electrons. The minimum absolute atomic E-state index is 0.432. The van der Waals surface area contributed by atoms with Gasteiger partial charge >= 0.3 is 0 Å². The topological polar surface area (TPSA) is 52.2 Å². The molecule has 0 saturated heterocycles. The van der Waals surface area contributed by atoms with Crippen molar-refractivity contribution in [2.45, 2.75) is 33.5 Å². The second-order valence-corrected chi connectivity index (χ2v) is 3.97. The van der Waals surface area contributed by atoms with Gasteiger partial charge in [0.05, 0.1) is 18.9 Å². The summed E-state index contributed by atoms with van der Waals surface area (Å²) in [6.45, 7) is 7.07. The Morgan fingerprint density at radius 3 is 2.89 bits per heavy atom. The summed E-state index contributed by atoms with van der Waals surface area (Å²) in [4.78, 5) is 0. The van der Waals surface area contributed by atoms with Crippen LogP contribution in [0, 0.1) is 0 Å². The van der Waals surface area contributed by atoms with Crippen LogP contribution in [0.1, 0.15) is 25.4 Å². The molecule has 5 heteroatoms. The summed E-state index contributed by atoms with van der Waals surface area (Å²) in [5.74, 6) is 2.52. The van der Waals surface area contributed by atoms with Crippen molar-refractivity contribution in [2.24, 2.45) is 0 Å². The SMILES string of the molecule is CCNCc1ccc(COc2cnn(CC)c2)o1.